The number of amides is 1. The topological polar surface area (TPSA) is 61.8 Å². The first-order chi connectivity index (χ1) is 11.2. The molecule has 1 aliphatic heterocycles. The van der Waals surface area contributed by atoms with Gasteiger partial charge < -0.3 is 15.2 Å². The zero-order chi connectivity index (χ0) is 17.7. The van der Waals surface area contributed by atoms with Gasteiger partial charge in [0.1, 0.15) is 5.60 Å². The van der Waals surface area contributed by atoms with Gasteiger partial charge in [-0.1, -0.05) is 37.3 Å². The number of nitrogens with one attached hydrogen (secondary N) is 1. The number of aliphatic hydroxyl groups is 1. The third-order valence-corrected chi connectivity index (χ3v) is 4.31. The van der Waals surface area contributed by atoms with Crippen molar-refractivity contribution in [2.75, 3.05) is 19.6 Å². The number of alkyl carbamates (subject to hydrolysis) is 1. The first-order valence-electron chi connectivity index (χ1n) is 8.69. The molecule has 3 atom stereocenters. The lowest BCUT2D eigenvalue weighted by molar-refractivity contribution is 0.0399. The molecule has 24 heavy (non-hydrogen) atoms. The number of rotatable bonds is 4. The summed E-state index contributed by atoms with van der Waals surface area (Å²) in [5, 5.41) is 13.3. The van der Waals surface area contributed by atoms with E-state index < -0.39 is 11.7 Å². The third kappa shape index (κ3) is 5.80. The number of β-amino-alcohol motifs (C(OH)–C–C–N with tert-alkyl or cyclic N) is 1. The lowest BCUT2D eigenvalue weighted by Crippen LogP contribution is -2.51. The lowest BCUT2D eigenvalue weighted by Gasteiger charge is -2.38. The van der Waals surface area contributed by atoms with Crippen molar-refractivity contribution < 1.29 is 14.6 Å². The number of hydrogen-bond donors (Lipinski definition) is 2. The van der Waals surface area contributed by atoms with Gasteiger partial charge >= 0.3 is 6.09 Å². The maximum atomic E-state index is 11.9. The Bertz CT molecular complexity index is 527. The van der Waals surface area contributed by atoms with E-state index in [1.54, 1.807) is 0 Å². The average molecular weight is 334 g/mol. The molecule has 0 bridgehead atoms. The molecule has 0 saturated carbocycles. The predicted molar refractivity (Wildman–Crippen MR) is 94.8 cm³/mol. The average Bonchev–Trinajstić information content (AvgIpc) is 2.49. The van der Waals surface area contributed by atoms with Crippen molar-refractivity contribution in [2.24, 2.45) is 5.92 Å². The summed E-state index contributed by atoms with van der Waals surface area (Å²) in [5.41, 5.74) is 0.465. The van der Waals surface area contributed by atoms with E-state index in [9.17, 15) is 9.90 Å². The SMILES string of the molecule is CC1CN(CC(O)c2ccccc2)CCC1NC(=O)OC(C)(C)C. The molecule has 1 saturated heterocycles. The summed E-state index contributed by atoms with van der Waals surface area (Å²) in [6.07, 6.45) is 0.0351. The fraction of sp³-hybridized carbons (Fsp3) is 0.632. The summed E-state index contributed by atoms with van der Waals surface area (Å²) < 4.78 is 5.33. The van der Waals surface area contributed by atoms with Gasteiger partial charge in [-0.25, -0.2) is 4.79 Å². The largest absolute Gasteiger partial charge is 0.444 e. The number of nitrogens with zero attached hydrogens (tertiary/aromatic N) is 1. The van der Waals surface area contributed by atoms with E-state index in [1.165, 1.54) is 0 Å². The normalized spacial score (nSPS) is 23.5. The van der Waals surface area contributed by atoms with Crippen LogP contribution in [0.25, 0.3) is 0 Å². The van der Waals surface area contributed by atoms with Crippen molar-refractivity contribution >= 4 is 6.09 Å². The van der Waals surface area contributed by atoms with Crippen molar-refractivity contribution in [2.45, 2.75) is 51.9 Å². The molecule has 3 unspecified atom stereocenters. The van der Waals surface area contributed by atoms with Crippen molar-refractivity contribution in [1.29, 1.82) is 0 Å². The summed E-state index contributed by atoms with van der Waals surface area (Å²) in [6.45, 7) is 10.0. The first kappa shape index (κ1) is 18.7. The van der Waals surface area contributed by atoms with Crippen LogP contribution in [0, 0.1) is 5.92 Å². The Labute approximate surface area is 145 Å². The van der Waals surface area contributed by atoms with Crippen LogP contribution in [0.1, 0.15) is 45.8 Å². The summed E-state index contributed by atoms with van der Waals surface area (Å²) in [4.78, 5) is 14.2. The first-order valence-corrected chi connectivity index (χ1v) is 8.69. The number of likely N-dealkylation sites (tertiary alicyclic amines) is 1. The predicted octanol–water partition coefficient (Wildman–Crippen LogP) is 2.96. The molecule has 1 amide bonds. The molecule has 134 valence electrons. The maximum Gasteiger partial charge on any atom is 0.407 e. The van der Waals surface area contributed by atoms with Crippen molar-refractivity contribution in [1.82, 2.24) is 10.2 Å². The Balaban J connectivity index is 1.81. The standard InChI is InChI=1S/C19H30N2O3/c1-14-12-21(13-17(22)15-8-6-5-7-9-15)11-10-16(14)20-18(23)24-19(2,3)4/h5-9,14,16-17,22H,10-13H2,1-4H3,(H,20,23). The van der Waals surface area contributed by atoms with Crippen LogP contribution in [0.4, 0.5) is 4.79 Å². The second-order valence-electron chi connectivity index (χ2n) is 7.70. The zero-order valence-corrected chi connectivity index (χ0v) is 15.2. The third-order valence-electron chi connectivity index (χ3n) is 4.31. The molecule has 5 heteroatoms. The zero-order valence-electron chi connectivity index (χ0n) is 15.2. The lowest BCUT2D eigenvalue weighted by atomic mass is 9.93. The second kappa shape index (κ2) is 7.99. The Morgan fingerprint density at radius 1 is 1.38 bits per heavy atom. The molecule has 1 heterocycles. The van der Waals surface area contributed by atoms with E-state index >= 15 is 0 Å². The summed E-state index contributed by atoms with van der Waals surface area (Å²) in [6, 6.07) is 9.85. The number of benzene rings is 1. The van der Waals surface area contributed by atoms with Crippen LogP contribution in [-0.2, 0) is 4.74 Å². The van der Waals surface area contributed by atoms with E-state index in [2.05, 4.69) is 17.1 Å². The van der Waals surface area contributed by atoms with Gasteiger partial charge in [0.15, 0.2) is 0 Å². The molecule has 1 fully saturated rings. The highest BCUT2D eigenvalue weighted by atomic mass is 16.6. The Morgan fingerprint density at radius 2 is 2.04 bits per heavy atom. The minimum absolute atomic E-state index is 0.116. The van der Waals surface area contributed by atoms with E-state index in [0.29, 0.717) is 12.5 Å². The summed E-state index contributed by atoms with van der Waals surface area (Å²) in [7, 11) is 0. The summed E-state index contributed by atoms with van der Waals surface area (Å²) in [5.74, 6) is 0.314. The van der Waals surface area contributed by atoms with E-state index in [-0.39, 0.29) is 12.1 Å². The van der Waals surface area contributed by atoms with Gasteiger partial charge in [0.25, 0.3) is 0 Å². The van der Waals surface area contributed by atoms with Crippen LogP contribution >= 0.6 is 0 Å². The van der Waals surface area contributed by atoms with Crippen LogP contribution in [0.3, 0.4) is 0 Å². The summed E-state index contributed by atoms with van der Waals surface area (Å²) >= 11 is 0. The van der Waals surface area contributed by atoms with Gasteiger partial charge in [-0.3, -0.25) is 4.90 Å². The number of hydrogen-bond acceptors (Lipinski definition) is 4. The van der Waals surface area contributed by atoms with Crippen molar-refractivity contribution in [3.8, 4) is 0 Å². The Morgan fingerprint density at radius 3 is 2.62 bits per heavy atom. The molecule has 1 aliphatic rings. The highest BCUT2D eigenvalue weighted by Crippen LogP contribution is 2.21. The highest BCUT2D eigenvalue weighted by molar-refractivity contribution is 5.68. The number of carbonyl (C=O) groups is 1. The molecule has 1 aromatic rings. The van der Waals surface area contributed by atoms with Gasteiger partial charge in [-0.15, -0.1) is 0 Å². The fourth-order valence-corrected chi connectivity index (χ4v) is 3.10. The molecule has 2 rings (SSSR count). The van der Waals surface area contributed by atoms with Crippen molar-refractivity contribution in [3.63, 3.8) is 0 Å². The minimum atomic E-state index is -0.478. The molecule has 0 aliphatic carbocycles. The van der Waals surface area contributed by atoms with E-state index in [1.807, 2.05) is 51.1 Å². The Kier molecular flexibility index (Phi) is 6.24. The van der Waals surface area contributed by atoms with Gasteiger partial charge in [0.05, 0.1) is 6.10 Å². The maximum absolute atomic E-state index is 11.9. The number of piperidine rings is 1. The minimum Gasteiger partial charge on any atom is -0.444 e. The molecular formula is C19H30N2O3. The van der Waals surface area contributed by atoms with Crippen LogP contribution in [0.2, 0.25) is 0 Å². The number of carbonyl (C=O) groups excluding carboxylic acids is 1. The molecule has 0 radical (unpaired) electrons. The Hall–Kier alpha value is -1.59. The van der Waals surface area contributed by atoms with Crippen molar-refractivity contribution in [3.05, 3.63) is 35.9 Å². The quantitative estimate of drug-likeness (QED) is 0.889. The van der Waals surface area contributed by atoms with Crippen LogP contribution in [0.15, 0.2) is 30.3 Å². The highest BCUT2D eigenvalue weighted by Gasteiger charge is 2.29. The van der Waals surface area contributed by atoms with Crippen LogP contribution in [0.5, 0.6) is 0 Å². The van der Waals surface area contributed by atoms with Crippen LogP contribution < -0.4 is 5.32 Å². The van der Waals surface area contributed by atoms with Crippen LogP contribution in [-0.4, -0.2) is 47.4 Å². The van der Waals surface area contributed by atoms with E-state index in [4.69, 9.17) is 4.74 Å². The molecule has 0 spiro atoms. The van der Waals surface area contributed by atoms with Gasteiger partial charge in [-0.2, -0.15) is 0 Å². The van der Waals surface area contributed by atoms with Gasteiger partial charge in [0, 0.05) is 25.7 Å². The molecule has 1 aromatic carbocycles. The fourth-order valence-electron chi connectivity index (χ4n) is 3.10. The van der Waals surface area contributed by atoms with Gasteiger partial charge in [0.2, 0.25) is 0 Å². The molecule has 5 nitrogen and oxygen atoms in total. The molecular weight excluding hydrogens is 304 g/mol. The number of aliphatic hydroxyl groups excluding tert-OH is 1. The smallest absolute Gasteiger partial charge is 0.407 e. The molecule has 0 aromatic heterocycles. The number of ether oxygens (including phenoxy) is 1. The molecule has 2 N–H and O–H groups in total. The van der Waals surface area contributed by atoms with Gasteiger partial charge in [-0.05, 0) is 38.7 Å². The monoisotopic (exact) mass is 334 g/mol. The van der Waals surface area contributed by atoms with E-state index in [0.717, 1.165) is 25.1 Å². The second-order valence-corrected chi connectivity index (χ2v) is 7.70.